The molecule has 0 rings (SSSR count). The molecule has 3 heteroatoms. The first-order valence-electron chi connectivity index (χ1n) is 10.5. The van der Waals surface area contributed by atoms with E-state index in [1.54, 1.807) is 0 Å². The number of rotatable bonds is 18. The van der Waals surface area contributed by atoms with Gasteiger partial charge in [-0.1, -0.05) is 97.3 Å². The summed E-state index contributed by atoms with van der Waals surface area (Å²) < 4.78 is 0. The lowest BCUT2D eigenvalue weighted by atomic mass is 10.0. The second-order valence-electron chi connectivity index (χ2n) is 7.07. The Morgan fingerprint density at radius 1 is 0.792 bits per heavy atom. The standard InChI is InChI=1S/C21H42N2O/c1-3-5-6-7-8-9-10-11-12-13-14-15-16-17-18-23-21(24)20(4-2)19-22/h19-20,22H,3-18H2,1-2H3,(H,23,24). The third-order valence-corrected chi connectivity index (χ3v) is 4.81. The molecule has 0 heterocycles. The second kappa shape index (κ2) is 18.5. The predicted molar refractivity (Wildman–Crippen MR) is 106 cm³/mol. The molecule has 0 spiro atoms. The number of nitrogens with one attached hydrogen (secondary N) is 2. The van der Waals surface area contributed by atoms with Crippen LogP contribution in [-0.4, -0.2) is 18.7 Å². The molecule has 0 aromatic carbocycles. The smallest absolute Gasteiger partial charge is 0.228 e. The Kier molecular flexibility index (Phi) is 17.8. The van der Waals surface area contributed by atoms with Gasteiger partial charge in [0.15, 0.2) is 0 Å². The van der Waals surface area contributed by atoms with Gasteiger partial charge in [0.2, 0.25) is 5.91 Å². The molecule has 2 N–H and O–H groups in total. The van der Waals surface area contributed by atoms with Gasteiger partial charge in [-0.25, -0.2) is 0 Å². The number of hydrogen-bond acceptors (Lipinski definition) is 2. The lowest BCUT2D eigenvalue weighted by Gasteiger charge is -2.09. The molecule has 1 atom stereocenters. The highest BCUT2D eigenvalue weighted by Crippen LogP contribution is 2.12. The summed E-state index contributed by atoms with van der Waals surface area (Å²) in [5, 5.41) is 10.1. The van der Waals surface area contributed by atoms with E-state index in [2.05, 4.69) is 12.2 Å². The molecule has 0 saturated heterocycles. The molecule has 24 heavy (non-hydrogen) atoms. The second-order valence-corrected chi connectivity index (χ2v) is 7.07. The van der Waals surface area contributed by atoms with E-state index < -0.39 is 0 Å². The van der Waals surface area contributed by atoms with Crippen LogP contribution in [0.1, 0.15) is 110 Å². The summed E-state index contributed by atoms with van der Waals surface area (Å²) in [5.41, 5.74) is 0. The van der Waals surface area contributed by atoms with Crippen LogP contribution in [0, 0.1) is 11.3 Å². The third-order valence-electron chi connectivity index (χ3n) is 4.81. The maximum Gasteiger partial charge on any atom is 0.228 e. The fourth-order valence-electron chi connectivity index (χ4n) is 3.04. The van der Waals surface area contributed by atoms with Gasteiger partial charge < -0.3 is 10.7 Å². The fourth-order valence-corrected chi connectivity index (χ4v) is 3.04. The van der Waals surface area contributed by atoms with Crippen LogP contribution in [0.3, 0.4) is 0 Å². The molecule has 0 aromatic heterocycles. The van der Waals surface area contributed by atoms with E-state index in [0.29, 0.717) is 6.42 Å². The molecular formula is C21H42N2O. The minimum absolute atomic E-state index is 0.0159. The highest BCUT2D eigenvalue weighted by Gasteiger charge is 2.11. The Bertz CT molecular complexity index is 292. The molecule has 3 nitrogen and oxygen atoms in total. The lowest BCUT2D eigenvalue weighted by Crippen LogP contribution is -2.31. The average molecular weight is 339 g/mol. The van der Waals surface area contributed by atoms with Crippen LogP contribution in [0.5, 0.6) is 0 Å². The monoisotopic (exact) mass is 338 g/mol. The minimum atomic E-state index is -0.239. The topological polar surface area (TPSA) is 53.0 Å². The molecule has 0 saturated carbocycles. The number of hydrogen-bond donors (Lipinski definition) is 2. The van der Waals surface area contributed by atoms with Crippen molar-refractivity contribution in [2.24, 2.45) is 5.92 Å². The minimum Gasteiger partial charge on any atom is -0.356 e. The Morgan fingerprint density at radius 2 is 1.21 bits per heavy atom. The van der Waals surface area contributed by atoms with Crippen LogP contribution in [0.2, 0.25) is 0 Å². The first kappa shape index (κ1) is 23.1. The lowest BCUT2D eigenvalue weighted by molar-refractivity contribution is -0.122. The van der Waals surface area contributed by atoms with Crippen LogP contribution in [-0.2, 0) is 4.79 Å². The van der Waals surface area contributed by atoms with Gasteiger partial charge in [0.25, 0.3) is 0 Å². The Labute approximate surface area is 150 Å². The van der Waals surface area contributed by atoms with Gasteiger partial charge in [-0.3, -0.25) is 4.79 Å². The van der Waals surface area contributed by atoms with Crippen LogP contribution >= 0.6 is 0 Å². The van der Waals surface area contributed by atoms with Crippen molar-refractivity contribution in [1.29, 1.82) is 5.41 Å². The van der Waals surface area contributed by atoms with Crippen molar-refractivity contribution in [3.8, 4) is 0 Å². The molecule has 0 bridgehead atoms. The molecule has 1 unspecified atom stereocenters. The van der Waals surface area contributed by atoms with Gasteiger partial charge in [0.05, 0.1) is 5.92 Å². The van der Waals surface area contributed by atoms with E-state index in [9.17, 15) is 4.79 Å². The van der Waals surface area contributed by atoms with Crippen LogP contribution < -0.4 is 5.32 Å². The summed E-state index contributed by atoms with van der Waals surface area (Å²) in [5.74, 6) is -0.223. The van der Waals surface area contributed by atoms with Crippen molar-refractivity contribution in [2.45, 2.75) is 110 Å². The summed E-state index contributed by atoms with van der Waals surface area (Å²) >= 11 is 0. The molecule has 0 aromatic rings. The van der Waals surface area contributed by atoms with E-state index in [1.165, 1.54) is 89.7 Å². The maximum atomic E-state index is 11.7. The van der Waals surface area contributed by atoms with E-state index in [-0.39, 0.29) is 11.8 Å². The molecule has 0 aliphatic carbocycles. The fraction of sp³-hybridized carbons (Fsp3) is 0.905. The molecule has 0 aliphatic rings. The highest BCUT2D eigenvalue weighted by atomic mass is 16.1. The number of carbonyl (C=O) groups excluding carboxylic acids is 1. The molecular weight excluding hydrogens is 296 g/mol. The predicted octanol–water partition coefficient (Wildman–Crippen LogP) is 6.26. The quantitative estimate of drug-likeness (QED) is 0.225. The summed E-state index contributed by atoms with van der Waals surface area (Å²) in [7, 11) is 0. The first-order chi connectivity index (χ1) is 11.8. The first-order valence-corrected chi connectivity index (χ1v) is 10.5. The molecule has 0 fully saturated rings. The van der Waals surface area contributed by atoms with Gasteiger partial charge in [-0.05, 0) is 12.8 Å². The van der Waals surface area contributed by atoms with Gasteiger partial charge in [-0.2, -0.15) is 0 Å². The van der Waals surface area contributed by atoms with Gasteiger partial charge in [-0.15, -0.1) is 0 Å². The zero-order valence-electron chi connectivity index (χ0n) is 16.4. The van der Waals surface area contributed by atoms with Crippen LogP contribution in [0.25, 0.3) is 0 Å². The van der Waals surface area contributed by atoms with Crippen LogP contribution in [0.4, 0.5) is 0 Å². The van der Waals surface area contributed by atoms with Crippen molar-refractivity contribution in [2.75, 3.05) is 6.54 Å². The third kappa shape index (κ3) is 14.7. The molecule has 1 amide bonds. The summed E-state index contributed by atoms with van der Waals surface area (Å²) in [4.78, 5) is 11.7. The highest BCUT2D eigenvalue weighted by molar-refractivity contribution is 5.92. The maximum absolute atomic E-state index is 11.7. The zero-order chi connectivity index (χ0) is 17.9. The van der Waals surface area contributed by atoms with E-state index in [0.717, 1.165) is 13.0 Å². The summed E-state index contributed by atoms with van der Waals surface area (Å²) in [6.07, 6.45) is 20.9. The van der Waals surface area contributed by atoms with Crippen molar-refractivity contribution < 1.29 is 4.79 Å². The van der Waals surface area contributed by atoms with Crippen molar-refractivity contribution in [1.82, 2.24) is 5.32 Å². The summed E-state index contributed by atoms with van der Waals surface area (Å²) in [6, 6.07) is 0. The van der Waals surface area contributed by atoms with E-state index in [1.807, 2.05) is 6.92 Å². The zero-order valence-corrected chi connectivity index (χ0v) is 16.4. The Balaban J connectivity index is 3.18. The SMILES string of the molecule is CCCCCCCCCCCCCCCCNC(=O)C(C=N)CC. The average Bonchev–Trinajstić information content (AvgIpc) is 2.59. The number of amides is 1. The summed E-state index contributed by atoms with van der Waals surface area (Å²) in [6.45, 7) is 4.99. The van der Waals surface area contributed by atoms with Crippen molar-refractivity contribution >= 4 is 12.1 Å². The van der Waals surface area contributed by atoms with Crippen molar-refractivity contribution in [3.05, 3.63) is 0 Å². The van der Waals surface area contributed by atoms with Crippen molar-refractivity contribution in [3.63, 3.8) is 0 Å². The number of unbranched alkanes of at least 4 members (excludes halogenated alkanes) is 13. The molecule has 142 valence electrons. The van der Waals surface area contributed by atoms with Gasteiger partial charge >= 0.3 is 0 Å². The number of carbonyl (C=O) groups is 1. The van der Waals surface area contributed by atoms with E-state index in [4.69, 9.17) is 5.41 Å². The largest absolute Gasteiger partial charge is 0.356 e. The van der Waals surface area contributed by atoms with E-state index >= 15 is 0 Å². The Hall–Kier alpha value is -0.860. The van der Waals surface area contributed by atoms with Gasteiger partial charge in [0.1, 0.15) is 0 Å². The Morgan fingerprint density at radius 3 is 1.58 bits per heavy atom. The molecule has 0 aliphatic heterocycles. The normalized spacial score (nSPS) is 12.1. The molecule has 0 radical (unpaired) electrons. The van der Waals surface area contributed by atoms with Gasteiger partial charge in [0, 0.05) is 12.8 Å². The van der Waals surface area contributed by atoms with Crippen LogP contribution in [0.15, 0.2) is 0 Å².